The van der Waals surface area contributed by atoms with Crippen LogP contribution in [0.25, 0.3) is 0 Å². The third-order valence-corrected chi connectivity index (χ3v) is 6.39. The van der Waals surface area contributed by atoms with Crippen molar-refractivity contribution >= 4 is 16.1 Å². The molecule has 8 nitrogen and oxygen atoms in total. The number of piperidine rings is 1. The van der Waals surface area contributed by atoms with Gasteiger partial charge in [0.2, 0.25) is 10.0 Å². The largest absolute Gasteiger partial charge is 0.497 e. The number of benzene rings is 1. The van der Waals surface area contributed by atoms with E-state index >= 15 is 0 Å². The van der Waals surface area contributed by atoms with Gasteiger partial charge in [0, 0.05) is 31.3 Å². The van der Waals surface area contributed by atoms with Crippen LogP contribution in [0.5, 0.6) is 11.5 Å². The molecule has 1 saturated heterocycles. The van der Waals surface area contributed by atoms with E-state index in [1.54, 1.807) is 51.0 Å². The lowest BCUT2D eigenvalue weighted by Crippen LogP contribution is -2.46. The fourth-order valence-electron chi connectivity index (χ4n) is 2.97. The van der Waals surface area contributed by atoms with Gasteiger partial charge in [-0.1, -0.05) is 6.07 Å². The summed E-state index contributed by atoms with van der Waals surface area (Å²) < 4.78 is 43.8. The van der Waals surface area contributed by atoms with Crippen molar-refractivity contribution in [2.45, 2.75) is 51.0 Å². The molecule has 0 unspecified atom stereocenters. The van der Waals surface area contributed by atoms with Gasteiger partial charge in [-0.2, -0.15) is 0 Å². The third kappa shape index (κ3) is 6.00. The van der Waals surface area contributed by atoms with Crippen molar-refractivity contribution in [3.8, 4) is 11.5 Å². The fourth-order valence-corrected chi connectivity index (χ4v) is 4.39. The van der Waals surface area contributed by atoms with Crippen molar-refractivity contribution in [2.24, 2.45) is 0 Å². The second-order valence-corrected chi connectivity index (χ2v) is 9.76. The van der Waals surface area contributed by atoms with Crippen LogP contribution in [-0.2, 0) is 21.3 Å². The Balaban J connectivity index is 1.93. The van der Waals surface area contributed by atoms with Crippen molar-refractivity contribution in [1.82, 2.24) is 9.62 Å². The highest BCUT2D eigenvalue weighted by Crippen LogP contribution is 2.25. The fraction of sp³-hybridized carbons (Fsp3) is 0.632. The van der Waals surface area contributed by atoms with Gasteiger partial charge in [-0.3, -0.25) is 0 Å². The Bertz CT molecular complexity index is 780. The standard InChI is InChI=1S/C19H30N2O6S/c1-19(2,3)27-18(22)21-10-8-16(9-11-21)28(23,24)20-13-14-6-7-15(25-4)12-17(14)26-5/h6-7,12,16,20H,8-11,13H2,1-5H3. The number of methoxy groups -OCH3 is 2. The molecule has 1 aliphatic heterocycles. The van der Waals surface area contributed by atoms with Crippen LogP contribution in [0.1, 0.15) is 39.2 Å². The summed E-state index contributed by atoms with van der Waals surface area (Å²) in [6.45, 7) is 6.25. The van der Waals surface area contributed by atoms with Crippen LogP contribution in [0.2, 0.25) is 0 Å². The SMILES string of the molecule is COc1ccc(CNS(=O)(=O)C2CCN(C(=O)OC(C)(C)C)CC2)c(OC)c1. The lowest BCUT2D eigenvalue weighted by molar-refractivity contribution is 0.0217. The molecule has 158 valence electrons. The highest BCUT2D eigenvalue weighted by atomic mass is 32.2. The van der Waals surface area contributed by atoms with Crippen LogP contribution in [0.15, 0.2) is 18.2 Å². The third-order valence-electron chi connectivity index (χ3n) is 4.49. The molecule has 1 aromatic carbocycles. The lowest BCUT2D eigenvalue weighted by Gasteiger charge is -2.33. The van der Waals surface area contributed by atoms with E-state index in [4.69, 9.17) is 14.2 Å². The van der Waals surface area contributed by atoms with Crippen molar-refractivity contribution in [1.29, 1.82) is 0 Å². The molecule has 1 heterocycles. The zero-order valence-corrected chi connectivity index (χ0v) is 18.0. The molecule has 28 heavy (non-hydrogen) atoms. The topological polar surface area (TPSA) is 94.2 Å². The van der Waals surface area contributed by atoms with Crippen LogP contribution in [-0.4, -0.2) is 57.6 Å². The lowest BCUT2D eigenvalue weighted by atomic mass is 10.1. The van der Waals surface area contributed by atoms with Gasteiger partial charge in [0.1, 0.15) is 17.1 Å². The summed E-state index contributed by atoms with van der Waals surface area (Å²) in [6, 6.07) is 5.24. The molecule has 0 spiro atoms. The quantitative estimate of drug-likeness (QED) is 0.769. The van der Waals surface area contributed by atoms with Crippen molar-refractivity contribution in [3.05, 3.63) is 23.8 Å². The zero-order chi connectivity index (χ0) is 20.9. The van der Waals surface area contributed by atoms with Crippen LogP contribution < -0.4 is 14.2 Å². The maximum atomic E-state index is 12.7. The summed E-state index contributed by atoms with van der Waals surface area (Å²) in [4.78, 5) is 13.7. The predicted octanol–water partition coefficient (Wildman–Crippen LogP) is 2.52. The van der Waals surface area contributed by atoms with Crippen LogP contribution in [0.4, 0.5) is 4.79 Å². The molecule has 0 aromatic heterocycles. The molecular weight excluding hydrogens is 384 g/mol. The van der Waals surface area contributed by atoms with Gasteiger partial charge in [0.25, 0.3) is 0 Å². The number of likely N-dealkylation sites (tertiary alicyclic amines) is 1. The molecule has 0 atom stereocenters. The second kappa shape index (κ2) is 9.00. The molecule has 0 radical (unpaired) electrons. The zero-order valence-electron chi connectivity index (χ0n) is 17.1. The number of ether oxygens (including phenoxy) is 3. The minimum absolute atomic E-state index is 0.127. The van der Waals surface area contributed by atoms with Crippen molar-refractivity contribution in [2.75, 3.05) is 27.3 Å². The minimum Gasteiger partial charge on any atom is -0.497 e. The highest BCUT2D eigenvalue weighted by Gasteiger charge is 2.33. The van der Waals surface area contributed by atoms with E-state index in [2.05, 4.69) is 4.72 Å². The summed E-state index contributed by atoms with van der Waals surface area (Å²) in [6.07, 6.45) is 0.335. The maximum absolute atomic E-state index is 12.7. The number of hydrogen-bond donors (Lipinski definition) is 1. The number of carbonyl (C=O) groups is 1. The molecule has 1 N–H and O–H groups in total. The molecule has 1 aromatic rings. The Morgan fingerprint density at radius 1 is 1.18 bits per heavy atom. The predicted molar refractivity (Wildman–Crippen MR) is 106 cm³/mol. The smallest absolute Gasteiger partial charge is 0.410 e. The minimum atomic E-state index is -3.52. The molecule has 0 saturated carbocycles. The first-order valence-corrected chi connectivity index (χ1v) is 10.8. The van der Waals surface area contributed by atoms with E-state index in [9.17, 15) is 13.2 Å². The van der Waals surface area contributed by atoms with Crippen molar-refractivity contribution < 1.29 is 27.4 Å². The maximum Gasteiger partial charge on any atom is 0.410 e. The molecule has 0 aliphatic carbocycles. The highest BCUT2D eigenvalue weighted by molar-refractivity contribution is 7.90. The molecule has 1 aliphatic rings. The van der Waals surface area contributed by atoms with E-state index < -0.39 is 27.0 Å². The van der Waals surface area contributed by atoms with E-state index in [1.165, 1.54) is 7.11 Å². The average Bonchev–Trinajstić information content (AvgIpc) is 2.65. The molecule has 9 heteroatoms. The second-order valence-electron chi connectivity index (χ2n) is 7.71. The first-order chi connectivity index (χ1) is 13.1. The van der Waals surface area contributed by atoms with Crippen LogP contribution in [0, 0.1) is 0 Å². The van der Waals surface area contributed by atoms with Gasteiger partial charge >= 0.3 is 6.09 Å². The number of hydrogen-bond acceptors (Lipinski definition) is 6. The summed E-state index contributed by atoms with van der Waals surface area (Å²) >= 11 is 0. The summed E-state index contributed by atoms with van der Waals surface area (Å²) in [7, 11) is -0.439. The van der Waals surface area contributed by atoms with Crippen LogP contribution in [0.3, 0.4) is 0 Å². The van der Waals surface area contributed by atoms with E-state index in [0.29, 0.717) is 37.4 Å². The Morgan fingerprint density at radius 3 is 2.36 bits per heavy atom. The summed E-state index contributed by atoms with van der Waals surface area (Å²) in [5.41, 5.74) is 0.150. The van der Waals surface area contributed by atoms with Gasteiger partial charge < -0.3 is 19.1 Å². The summed E-state index contributed by atoms with van der Waals surface area (Å²) in [5.74, 6) is 1.19. The number of rotatable bonds is 6. The average molecular weight is 415 g/mol. The first kappa shape index (κ1) is 22.3. The van der Waals surface area contributed by atoms with E-state index in [0.717, 1.165) is 5.56 Å². The van der Waals surface area contributed by atoms with Gasteiger partial charge in [-0.15, -0.1) is 0 Å². The van der Waals surface area contributed by atoms with Gasteiger partial charge in [0.05, 0.1) is 19.5 Å². The number of nitrogens with one attached hydrogen (secondary N) is 1. The number of nitrogens with zero attached hydrogens (tertiary/aromatic N) is 1. The molecule has 0 bridgehead atoms. The normalized spacial score (nSPS) is 16.0. The monoisotopic (exact) mass is 414 g/mol. The van der Waals surface area contributed by atoms with Crippen LogP contribution >= 0.6 is 0 Å². The Kier molecular flexibility index (Phi) is 7.16. The van der Waals surface area contributed by atoms with Gasteiger partial charge in [0.15, 0.2) is 0 Å². The Morgan fingerprint density at radius 2 is 1.82 bits per heavy atom. The van der Waals surface area contributed by atoms with E-state index in [1.807, 2.05) is 0 Å². The first-order valence-electron chi connectivity index (χ1n) is 9.23. The molecule has 2 rings (SSSR count). The Hall–Kier alpha value is -2.00. The van der Waals surface area contributed by atoms with Gasteiger partial charge in [-0.05, 0) is 39.7 Å². The molecule has 1 amide bonds. The number of sulfonamides is 1. The number of carbonyl (C=O) groups excluding carboxylic acids is 1. The van der Waals surface area contributed by atoms with Gasteiger partial charge in [-0.25, -0.2) is 17.9 Å². The number of amides is 1. The summed E-state index contributed by atoms with van der Waals surface area (Å²) in [5, 5.41) is -0.546. The van der Waals surface area contributed by atoms with Crippen molar-refractivity contribution in [3.63, 3.8) is 0 Å². The Labute approximate surface area is 167 Å². The van der Waals surface area contributed by atoms with E-state index in [-0.39, 0.29) is 6.54 Å². The molecular formula is C19H30N2O6S. The molecule has 1 fully saturated rings.